The van der Waals surface area contributed by atoms with Gasteiger partial charge >= 0.3 is 0 Å². The van der Waals surface area contributed by atoms with Crippen LogP contribution < -0.4 is 15.4 Å². The van der Waals surface area contributed by atoms with Gasteiger partial charge in [-0.2, -0.15) is 0 Å². The van der Waals surface area contributed by atoms with E-state index >= 15 is 0 Å². The minimum atomic E-state index is 0.180. The first-order valence-corrected chi connectivity index (χ1v) is 7.82. The molecule has 1 saturated heterocycles. The fourth-order valence-corrected chi connectivity index (χ4v) is 3.25. The molecule has 22 heavy (non-hydrogen) atoms. The highest BCUT2D eigenvalue weighted by atomic mass is 16.5. The van der Waals surface area contributed by atoms with Crippen molar-refractivity contribution in [3.63, 3.8) is 0 Å². The number of phenolic OH excluding ortho intramolecular Hbond substituents is 1. The summed E-state index contributed by atoms with van der Waals surface area (Å²) >= 11 is 0. The molecule has 2 atom stereocenters. The van der Waals surface area contributed by atoms with Crippen molar-refractivity contribution >= 4 is 0 Å². The van der Waals surface area contributed by atoms with E-state index in [9.17, 15) is 5.11 Å². The summed E-state index contributed by atoms with van der Waals surface area (Å²) in [7, 11) is 0. The molecule has 2 unspecified atom stereocenters. The van der Waals surface area contributed by atoms with E-state index < -0.39 is 0 Å². The molecule has 0 aliphatic carbocycles. The molecule has 0 amide bonds. The number of piperazine rings is 1. The lowest BCUT2D eigenvalue weighted by molar-refractivity contribution is 0.342. The molecule has 3 aliphatic heterocycles. The monoisotopic (exact) mass is 296 g/mol. The van der Waals surface area contributed by atoms with Gasteiger partial charge in [0.25, 0.3) is 0 Å². The van der Waals surface area contributed by atoms with Gasteiger partial charge in [0.1, 0.15) is 5.75 Å². The molecule has 2 aromatic rings. The quantitative estimate of drug-likeness (QED) is 0.698. The number of hydrogen-bond donors (Lipinski definition) is 3. The summed E-state index contributed by atoms with van der Waals surface area (Å²) < 4.78 is 5.90. The topological polar surface area (TPSA) is 53.5 Å². The summed E-state index contributed by atoms with van der Waals surface area (Å²) in [5, 5.41) is 17.3. The van der Waals surface area contributed by atoms with Gasteiger partial charge in [-0.1, -0.05) is 18.2 Å². The molecule has 5 rings (SSSR count). The van der Waals surface area contributed by atoms with Crippen LogP contribution in [0.25, 0.3) is 0 Å². The van der Waals surface area contributed by atoms with Gasteiger partial charge in [0, 0.05) is 25.2 Å². The third-order valence-electron chi connectivity index (χ3n) is 4.42. The van der Waals surface area contributed by atoms with Crippen LogP contribution in [0.5, 0.6) is 17.2 Å². The van der Waals surface area contributed by atoms with Gasteiger partial charge in [0.05, 0.1) is 0 Å². The summed E-state index contributed by atoms with van der Waals surface area (Å²) in [6.45, 7) is 1.93. The molecule has 4 heteroatoms. The van der Waals surface area contributed by atoms with Crippen molar-refractivity contribution in [2.75, 3.05) is 13.1 Å². The van der Waals surface area contributed by atoms with Crippen molar-refractivity contribution in [1.82, 2.24) is 10.6 Å². The van der Waals surface area contributed by atoms with Crippen LogP contribution in [0.3, 0.4) is 0 Å². The number of aromatic hydroxyl groups is 1. The normalized spacial score (nSPS) is 23.8. The van der Waals surface area contributed by atoms with E-state index in [-0.39, 0.29) is 5.75 Å². The van der Waals surface area contributed by atoms with Crippen LogP contribution in [0.2, 0.25) is 0 Å². The second-order valence-electron chi connectivity index (χ2n) is 6.17. The number of phenols is 1. The molecule has 0 aromatic heterocycles. The van der Waals surface area contributed by atoms with E-state index in [2.05, 4.69) is 22.8 Å². The highest BCUT2D eigenvalue weighted by molar-refractivity contribution is 5.45. The van der Waals surface area contributed by atoms with Crippen molar-refractivity contribution in [2.45, 2.75) is 24.9 Å². The number of rotatable bonds is 0. The molecule has 3 heterocycles. The van der Waals surface area contributed by atoms with Crippen molar-refractivity contribution in [3.8, 4) is 17.2 Å². The number of benzene rings is 2. The molecule has 6 bridgehead atoms. The minimum Gasteiger partial charge on any atom is -0.504 e. The first-order valence-electron chi connectivity index (χ1n) is 7.82. The Morgan fingerprint density at radius 3 is 2.36 bits per heavy atom. The average molecular weight is 296 g/mol. The van der Waals surface area contributed by atoms with Gasteiger partial charge in [0.15, 0.2) is 11.5 Å². The molecule has 4 nitrogen and oxygen atoms in total. The Kier molecular flexibility index (Phi) is 3.48. The second kappa shape index (κ2) is 5.63. The largest absolute Gasteiger partial charge is 0.504 e. The Morgan fingerprint density at radius 2 is 1.64 bits per heavy atom. The SMILES string of the molecule is Oc1ccc2cc1Oc1cccc(c1)CC1CNC(CN1)C2. The highest BCUT2D eigenvalue weighted by Crippen LogP contribution is 2.32. The average Bonchev–Trinajstić information content (AvgIpc) is 2.53. The Balaban J connectivity index is 1.75. The third-order valence-corrected chi connectivity index (χ3v) is 4.42. The van der Waals surface area contributed by atoms with Gasteiger partial charge in [-0.25, -0.2) is 0 Å². The number of nitrogens with one attached hydrogen (secondary N) is 2. The smallest absolute Gasteiger partial charge is 0.169 e. The van der Waals surface area contributed by atoms with Crippen molar-refractivity contribution in [1.29, 1.82) is 0 Å². The van der Waals surface area contributed by atoms with Gasteiger partial charge in [-0.15, -0.1) is 0 Å². The highest BCUT2D eigenvalue weighted by Gasteiger charge is 2.21. The van der Waals surface area contributed by atoms with E-state index in [0.29, 0.717) is 17.8 Å². The molecule has 1 fully saturated rings. The number of hydrogen-bond acceptors (Lipinski definition) is 4. The third kappa shape index (κ3) is 2.80. The van der Waals surface area contributed by atoms with E-state index in [1.54, 1.807) is 6.07 Å². The first-order chi connectivity index (χ1) is 10.8. The predicted octanol–water partition coefficient (Wildman–Crippen LogP) is 2.21. The number of fused-ring (bicyclic) bond motifs is 2. The standard InChI is InChI=1S/C18H20N2O2/c21-17-5-4-13-7-15-11-19-14(10-20-15)6-12-2-1-3-16(8-12)22-18(17)9-13/h1-5,8-9,14-15,19-21H,6-7,10-11H2. The van der Waals surface area contributed by atoms with E-state index in [0.717, 1.165) is 31.7 Å². The predicted molar refractivity (Wildman–Crippen MR) is 85.6 cm³/mol. The summed E-state index contributed by atoms with van der Waals surface area (Å²) in [6, 6.07) is 14.6. The lowest BCUT2D eigenvalue weighted by Gasteiger charge is -2.31. The fourth-order valence-electron chi connectivity index (χ4n) is 3.25. The summed E-state index contributed by atoms with van der Waals surface area (Å²) in [5.41, 5.74) is 2.41. The lowest BCUT2D eigenvalue weighted by atomic mass is 10.00. The molecular formula is C18H20N2O2. The Hall–Kier alpha value is -2.04. The van der Waals surface area contributed by atoms with Crippen molar-refractivity contribution < 1.29 is 9.84 Å². The Labute approximate surface area is 130 Å². The van der Waals surface area contributed by atoms with Crippen molar-refractivity contribution in [2.24, 2.45) is 0 Å². The zero-order chi connectivity index (χ0) is 14.9. The van der Waals surface area contributed by atoms with E-state index in [4.69, 9.17) is 4.74 Å². The Morgan fingerprint density at radius 1 is 0.909 bits per heavy atom. The second-order valence-corrected chi connectivity index (χ2v) is 6.17. The van der Waals surface area contributed by atoms with Crippen LogP contribution in [-0.4, -0.2) is 30.3 Å². The van der Waals surface area contributed by atoms with E-state index in [1.165, 1.54) is 11.1 Å². The zero-order valence-corrected chi connectivity index (χ0v) is 12.4. The molecule has 3 N–H and O–H groups in total. The van der Waals surface area contributed by atoms with Crippen LogP contribution in [-0.2, 0) is 12.8 Å². The maximum Gasteiger partial charge on any atom is 0.169 e. The molecule has 0 saturated carbocycles. The van der Waals surface area contributed by atoms with Gasteiger partial charge in [-0.3, -0.25) is 0 Å². The fraction of sp³-hybridized carbons (Fsp3) is 0.333. The molecule has 0 radical (unpaired) electrons. The van der Waals surface area contributed by atoms with Crippen LogP contribution in [0.4, 0.5) is 0 Å². The van der Waals surface area contributed by atoms with Crippen LogP contribution in [0.15, 0.2) is 42.5 Å². The molecule has 0 spiro atoms. The molecule has 114 valence electrons. The minimum absolute atomic E-state index is 0.180. The zero-order valence-electron chi connectivity index (χ0n) is 12.4. The summed E-state index contributed by atoms with van der Waals surface area (Å²) in [5.74, 6) is 1.47. The number of ether oxygens (including phenoxy) is 1. The lowest BCUT2D eigenvalue weighted by Crippen LogP contribution is -2.55. The van der Waals surface area contributed by atoms with Crippen LogP contribution in [0, 0.1) is 0 Å². The van der Waals surface area contributed by atoms with Gasteiger partial charge in [0.2, 0.25) is 0 Å². The van der Waals surface area contributed by atoms with Gasteiger partial charge < -0.3 is 20.5 Å². The summed E-state index contributed by atoms with van der Waals surface area (Å²) in [6.07, 6.45) is 1.90. The van der Waals surface area contributed by atoms with Gasteiger partial charge in [-0.05, 0) is 48.2 Å². The Bertz CT molecular complexity index is 679. The summed E-state index contributed by atoms with van der Waals surface area (Å²) in [4.78, 5) is 0. The molecule has 2 aromatic carbocycles. The molecule has 3 aliphatic rings. The van der Waals surface area contributed by atoms with E-state index in [1.807, 2.05) is 24.3 Å². The maximum atomic E-state index is 10.0. The first kappa shape index (κ1) is 13.6. The van der Waals surface area contributed by atoms with Crippen molar-refractivity contribution in [3.05, 3.63) is 53.6 Å². The maximum absolute atomic E-state index is 10.0. The van der Waals surface area contributed by atoms with Crippen LogP contribution >= 0.6 is 0 Å². The van der Waals surface area contributed by atoms with Crippen LogP contribution in [0.1, 0.15) is 11.1 Å². The molecular weight excluding hydrogens is 276 g/mol.